The first-order valence-electron chi connectivity index (χ1n) is 10.2. The van der Waals surface area contributed by atoms with Crippen molar-refractivity contribution >= 4 is 27.1 Å². The number of ether oxygens (including phenoxy) is 2. The Morgan fingerprint density at radius 3 is 2.15 bits per heavy atom. The number of hydrogen-bond acceptors (Lipinski definition) is 7. The average molecular weight is 464 g/mol. The molecule has 0 amide bonds. The van der Waals surface area contributed by atoms with Gasteiger partial charge in [-0.05, 0) is 41.0 Å². The summed E-state index contributed by atoms with van der Waals surface area (Å²) in [6, 6.07) is 21.8. The smallest absolute Gasteiger partial charge is 0.194 e. The molecule has 1 aliphatic heterocycles. The second kappa shape index (κ2) is 8.99. The van der Waals surface area contributed by atoms with Crippen LogP contribution in [-0.4, -0.2) is 34.9 Å². The number of aliphatic imine (C=N–C) groups is 1. The molecule has 3 aromatic carbocycles. The molecule has 0 aliphatic carbocycles. The van der Waals surface area contributed by atoms with Crippen molar-refractivity contribution in [3.8, 4) is 11.5 Å². The van der Waals surface area contributed by atoms with Crippen LogP contribution in [0.3, 0.4) is 0 Å². The van der Waals surface area contributed by atoms with Gasteiger partial charge in [-0.2, -0.15) is 0 Å². The molecule has 8 heteroatoms. The van der Waals surface area contributed by atoms with Crippen molar-refractivity contribution in [1.82, 2.24) is 5.32 Å². The van der Waals surface area contributed by atoms with Crippen LogP contribution in [0.2, 0.25) is 0 Å². The molecule has 0 fully saturated rings. The molecule has 1 atom stereocenters. The summed E-state index contributed by atoms with van der Waals surface area (Å²) in [7, 11) is -0.129. The Labute approximate surface area is 193 Å². The van der Waals surface area contributed by atoms with Gasteiger partial charge in [-0.15, -0.1) is 0 Å². The molecule has 33 heavy (non-hydrogen) atoms. The zero-order valence-electron chi connectivity index (χ0n) is 18.6. The fraction of sp³-hybridized carbons (Fsp3) is 0.160. The van der Waals surface area contributed by atoms with E-state index in [0.29, 0.717) is 11.5 Å². The second-order valence-corrected chi connectivity index (χ2v) is 9.62. The Kier molecular flexibility index (Phi) is 6.11. The molecule has 0 saturated heterocycles. The van der Waals surface area contributed by atoms with Crippen LogP contribution in [0.1, 0.15) is 22.7 Å². The SMILES string of the molecule is COc1ccc(C2N=C(N)NC(c3ccc(S(C)(=O)=O)cc3)=C2c2ccccc2)cc1OC. The highest BCUT2D eigenvalue weighted by molar-refractivity contribution is 7.90. The molecule has 0 spiro atoms. The summed E-state index contributed by atoms with van der Waals surface area (Å²) in [6.45, 7) is 0. The van der Waals surface area contributed by atoms with E-state index in [1.165, 1.54) is 6.26 Å². The van der Waals surface area contributed by atoms with Crippen molar-refractivity contribution in [1.29, 1.82) is 0 Å². The van der Waals surface area contributed by atoms with Gasteiger partial charge in [0.05, 0.1) is 24.8 Å². The van der Waals surface area contributed by atoms with Gasteiger partial charge in [0.25, 0.3) is 0 Å². The summed E-state index contributed by atoms with van der Waals surface area (Å²) in [5, 5.41) is 3.19. The third-order valence-electron chi connectivity index (χ3n) is 5.44. The molecule has 0 radical (unpaired) electrons. The summed E-state index contributed by atoms with van der Waals surface area (Å²) in [6.07, 6.45) is 1.19. The molecule has 4 rings (SSSR count). The topological polar surface area (TPSA) is 103 Å². The van der Waals surface area contributed by atoms with E-state index in [-0.39, 0.29) is 10.9 Å². The van der Waals surface area contributed by atoms with E-state index in [1.54, 1.807) is 38.5 Å². The molecular formula is C25H25N3O4S. The first-order valence-corrected chi connectivity index (χ1v) is 12.1. The number of nitrogens with zero attached hydrogens (tertiary/aromatic N) is 1. The molecule has 0 bridgehead atoms. The third kappa shape index (κ3) is 4.56. The average Bonchev–Trinajstić information content (AvgIpc) is 2.83. The first-order chi connectivity index (χ1) is 15.8. The molecular weight excluding hydrogens is 438 g/mol. The summed E-state index contributed by atoms with van der Waals surface area (Å²) in [5.74, 6) is 1.47. The lowest BCUT2D eigenvalue weighted by molar-refractivity contribution is 0.354. The van der Waals surface area contributed by atoms with Gasteiger partial charge in [0, 0.05) is 11.8 Å². The zero-order chi connectivity index (χ0) is 23.6. The van der Waals surface area contributed by atoms with Gasteiger partial charge in [-0.1, -0.05) is 48.5 Å². The minimum Gasteiger partial charge on any atom is -0.493 e. The maximum atomic E-state index is 11.9. The Morgan fingerprint density at radius 1 is 0.879 bits per heavy atom. The van der Waals surface area contributed by atoms with Gasteiger partial charge < -0.3 is 20.5 Å². The molecule has 1 aliphatic rings. The van der Waals surface area contributed by atoms with Crippen LogP contribution in [0.25, 0.3) is 11.3 Å². The van der Waals surface area contributed by atoms with Crippen LogP contribution >= 0.6 is 0 Å². The van der Waals surface area contributed by atoms with Gasteiger partial charge in [0.1, 0.15) is 6.04 Å². The molecule has 1 heterocycles. The fourth-order valence-electron chi connectivity index (χ4n) is 3.85. The fourth-order valence-corrected chi connectivity index (χ4v) is 4.48. The number of nitrogens with two attached hydrogens (primary N) is 1. The number of rotatable bonds is 6. The van der Waals surface area contributed by atoms with Gasteiger partial charge in [0.15, 0.2) is 27.3 Å². The van der Waals surface area contributed by atoms with E-state index < -0.39 is 15.9 Å². The van der Waals surface area contributed by atoms with Gasteiger partial charge in [0.2, 0.25) is 0 Å². The lowest BCUT2D eigenvalue weighted by Crippen LogP contribution is -2.35. The van der Waals surface area contributed by atoms with Crippen LogP contribution < -0.4 is 20.5 Å². The number of nitrogens with one attached hydrogen (secondary N) is 1. The van der Waals surface area contributed by atoms with E-state index in [4.69, 9.17) is 20.2 Å². The van der Waals surface area contributed by atoms with Crippen molar-refractivity contribution in [2.75, 3.05) is 20.5 Å². The molecule has 3 N–H and O–H groups in total. The van der Waals surface area contributed by atoms with E-state index in [1.807, 2.05) is 48.5 Å². The Balaban J connectivity index is 1.92. The van der Waals surface area contributed by atoms with E-state index >= 15 is 0 Å². The molecule has 170 valence electrons. The van der Waals surface area contributed by atoms with Crippen molar-refractivity contribution < 1.29 is 17.9 Å². The number of hydrogen-bond donors (Lipinski definition) is 2. The maximum Gasteiger partial charge on any atom is 0.194 e. The van der Waals surface area contributed by atoms with Crippen LogP contribution in [0, 0.1) is 0 Å². The van der Waals surface area contributed by atoms with Gasteiger partial charge >= 0.3 is 0 Å². The van der Waals surface area contributed by atoms with Crippen LogP contribution in [0.4, 0.5) is 0 Å². The van der Waals surface area contributed by atoms with E-state index in [9.17, 15) is 8.42 Å². The standard InChI is InChI=1S/C25H25N3O4S/c1-31-20-14-11-18(15-21(20)32-2)24-22(16-7-5-4-6-8-16)23(27-25(26)28-24)17-9-12-19(13-10-17)33(3,29)30/h4-15,24H,1-3H3,(H3,26,27,28). The summed E-state index contributed by atoms with van der Waals surface area (Å²) >= 11 is 0. The number of guanidine groups is 1. The molecule has 0 aromatic heterocycles. The first kappa shape index (κ1) is 22.4. The predicted octanol–water partition coefficient (Wildman–Crippen LogP) is 3.63. The molecule has 1 unspecified atom stereocenters. The van der Waals surface area contributed by atoms with Crippen molar-refractivity contribution in [2.45, 2.75) is 10.9 Å². The largest absolute Gasteiger partial charge is 0.493 e. The zero-order valence-corrected chi connectivity index (χ0v) is 19.4. The predicted molar refractivity (Wildman–Crippen MR) is 130 cm³/mol. The van der Waals surface area contributed by atoms with Gasteiger partial charge in [-0.25, -0.2) is 13.4 Å². The van der Waals surface area contributed by atoms with E-state index in [0.717, 1.165) is 28.0 Å². The van der Waals surface area contributed by atoms with Crippen molar-refractivity contribution in [2.24, 2.45) is 10.7 Å². The highest BCUT2D eigenvalue weighted by atomic mass is 32.2. The molecule has 0 saturated carbocycles. The quantitative estimate of drug-likeness (QED) is 0.579. The van der Waals surface area contributed by atoms with Crippen LogP contribution in [0.15, 0.2) is 82.7 Å². The molecule has 3 aromatic rings. The monoisotopic (exact) mass is 463 g/mol. The summed E-state index contributed by atoms with van der Waals surface area (Å²) in [4.78, 5) is 4.96. The highest BCUT2D eigenvalue weighted by Crippen LogP contribution is 2.42. The maximum absolute atomic E-state index is 11.9. The summed E-state index contributed by atoms with van der Waals surface area (Å²) in [5.41, 5.74) is 10.5. The lowest BCUT2D eigenvalue weighted by Gasteiger charge is -2.28. The van der Waals surface area contributed by atoms with Gasteiger partial charge in [-0.3, -0.25) is 0 Å². The Hall–Kier alpha value is -3.78. The van der Waals surface area contributed by atoms with Crippen molar-refractivity contribution in [3.63, 3.8) is 0 Å². The number of methoxy groups -OCH3 is 2. The lowest BCUT2D eigenvalue weighted by atomic mass is 9.88. The number of benzene rings is 3. The minimum atomic E-state index is -3.31. The van der Waals surface area contributed by atoms with Crippen molar-refractivity contribution in [3.05, 3.63) is 89.5 Å². The third-order valence-corrected chi connectivity index (χ3v) is 6.57. The minimum absolute atomic E-state index is 0.252. The number of sulfone groups is 1. The van der Waals surface area contributed by atoms with E-state index in [2.05, 4.69) is 5.32 Å². The summed E-state index contributed by atoms with van der Waals surface area (Å²) < 4.78 is 34.7. The van der Waals surface area contributed by atoms with Crippen LogP contribution in [-0.2, 0) is 9.84 Å². The highest BCUT2D eigenvalue weighted by Gasteiger charge is 2.28. The Morgan fingerprint density at radius 2 is 1.55 bits per heavy atom. The van der Waals surface area contributed by atoms with Crippen LogP contribution in [0.5, 0.6) is 11.5 Å². The Bertz CT molecular complexity index is 1330. The second-order valence-electron chi connectivity index (χ2n) is 7.61. The molecule has 7 nitrogen and oxygen atoms in total. The normalized spacial score (nSPS) is 16.1.